The molecule has 0 saturated carbocycles. The van der Waals surface area contributed by atoms with Crippen LogP contribution in [0.3, 0.4) is 0 Å². The van der Waals surface area contributed by atoms with Gasteiger partial charge in [0.25, 0.3) is 5.91 Å². The smallest absolute Gasteiger partial charge is 0.284 e. The molecule has 0 saturated heterocycles. The third-order valence-electron chi connectivity index (χ3n) is 2.11. The molecule has 7 heteroatoms. The highest BCUT2D eigenvalue weighted by molar-refractivity contribution is 9.10. The van der Waals surface area contributed by atoms with Crippen LogP contribution >= 0.6 is 15.9 Å². The van der Waals surface area contributed by atoms with E-state index in [9.17, 15) is 9.90 Å². The summed E-state index contributed by atoms with van der Waals surface area (Å²) in [6.45, 7) is 0. The van der Waals surface area contributed by atoms with Crippen molar-refractivity contribution >= 4 is 38.8 Å². The normalized spacial score (nSPS) is 10.4. The molecule has 1 aromatic carbocycles. The highest BCUT2D eigenvalue weighted by Gasteiger charge is 2.18. The Morgan fingerprint density at radius 3 is 2.76 bits per heavy atom. The average Bonchev–Trinajstić information content (AvgIpc) is 2.68. The van der Waals surface area contributed by atoms with E-state index in [4.69, 9.17) is 15.9 Å². The summed E-state index contributed by atoms with van der Waals surface area (Å²) in [5.74, 6) is -1.10. The molecule has 0 aliphatic heterocycles. The zero-order chi connectivity index (χ0) is 12.6. The first-order valence-corrected chi connectivity index (χ1v) is 5.32. The summed E-state index contributed by atoms with van der Waals surface area (Å²) in [5, 5.41) is 9.98. The Balaban J connectivity index is 2.68. The molecule has 0 unspecified atom stereocenters. The van der Waals surface area contributed by atoms with Crippen molar-refractivity contribution in [1.29, 1.82) is 0 Å². The molecule has 6 nitrogen and oxygen atoms in total. The van der Waals surface area contributed by atoms with Gasteiger partial charge >= 0.3 is 0 Å². The summed E-state index contributed by atoms with van der Waals surface area (Å²) in [4.78, 5) is 15.0. The topological polar surface area (TPSA) is 115 Å². The number of rotatable bonds is 1. The number of nitrogens with zero attached hydrogens (tertiary/aromatic N) is 1. The quantitative estimate of drug-likeness (QED) is 0.542. The number of furan rings is 1. The van der Waals surface area contributed by atoms with Crippen molar-refractivity contribution in [2.75, 3.05) is 0 Å². The van der Waals surface area contributed by atoms with Crippen molar-refractivity contribution in [3.63, 3.8) is 0 Å². The first kappa shape index (κ1) is 11.5. The number of carbonyl (C=O) groups is 1. The highest BCUT2D eigenvalue weighted by Crippen LogP contribution is 2.35. The van der Waals surface area contributed by atoms with Crippen molar-refractivity contribution in [2.45, 2.75) is 0 Å². The summed E-state index contributed by atoms with van der Waals surface area (Å²) in [6.07, 6.45) is 1.20. The van der Waals surface area contributed by atoms with Crippen LogP contribution in [0.5, 0.6) is 5.75 Å². The van der Waals surface area contributed by atoms with E-state index < -0.39 is 5.91 Å². The van der Waals surface area contributed by atoms with Crippen LogP contribution in [0.4, 0.5) is 0 Å². The molecular formula is C10H8BrN3O3. The lowest BCUT2D eigenvalue weighted by Gasteiger charge is -1.98. The fourth-order valence-corrected chi connectivity index (χ4v) is 1.86. The molecule has 1 heterocycles. The van der Waals surface area contributed by atoms with Gasteiger partial charge in [-0.2, -0.15) is 4.99 Å². The van der Waals surface area contributed by atoms with Crippen molar-refractivity contribution in [2.24, 2.45) is 16.5 Å². The van der Waals surface area contributed by atoms with Crippen LogP contribution in [0.15, 0.2) is 32.3 Å². The molecule has 1 amide bonds. The van der Waals surface area contributed by atoms with Crippen molar-refractivity contribution in [3.05, 3.63) is 28.4 Å². The van der Waals surface area contributed by atoms with Crippen LogP contribution in [-0.4, -0.2) is 17.0 Å². The highest BCUT2D eigenvalue weighted by atomic mass is 79.9. The van der Waals surface area contributed by atoms with Gasteiger partial charge in [0.2, 0.25) is 0 Å². The number of phenolic OH excluding ortho intramolecular Hbond substituents is 1. The number of guanidine groups is 1. The number of fused-ring (bicyclic) bond motifs is 1. The Morgan fingerprint density at radius 2 is 2.12 bits per heavy atom. The van der Waals surface area contributed by atoms with Crippen molar-refractivity contribution < 1.29 is 14.3 Å². The molecular weight excluding hydrogens is 290 g/mol. The zero-order valence-corrected chi connectivity index (χ0v) is 10.1. The number of carbonyl (C=O) groups excluding carboxylic acids is 1. The second-order valence-corrected chi connectivity index (χ2v) is 4.12. The van der Waals surface area contributed by atoms with E-state index in [2.05, 4.69) is 20.9 Å². The standard InChI is InChI=1S/C10H8BrN3O3/c11-5-1-2-6(15)7-4(3-17-8(5)7)9(16)14-10(12)13/h1-3,15H,(H4,12,13,14,16). The van der Waals surface area contributed by atoms with Gasteiger partial charge in [0, 0.05) is 0 Å². The first-order chi connectivity index (χ1) is 8.00. The molecule has 2 rings (SSSR count). The van der Waals surface area contributed by atoms with Gasteiger partial charge in [-0.05, 0) is 28.1 Å². The van der Waals surface area contributed by atoms with E-state index in [1.54, 1.807) is 6.07 Å². The monoisotopic (exact) mass is 297 g/mol. The van der Waals surface area contributed by atoms with Crippen LogP contribution in [-0.2, 0) is 0 Å². The fraction of sp³-hybridized carbons (Fsp3) is 0. The van der Waals surface area contributed by atoms with Crippen LogP contribution in [0.2, 0.25) is 0 Å². The summed E-state index contributed by atoms with van der Waals surface area (Å²) >= 11 is 3.24. The summed E-state index contributed by atoms with van der Waals surface area (Å²) in [6, 6.07) is 3.05. The molecule has 0 bridgehead atoms. The lowest BCUT2D eigenvalue weighted by atomic mass is 10.1. The molecule has 0 spiro atoms. The maximum Gasteiger partial charge on any atom is 0.284 e. The second kappa shape index (κ2) is 4.10. The maximum atomic E-state index is 11.7. The number of phenols is 1. The molecule has 5 N–H and O–H groups in total. The zero-order valence-electron chi connectivity index (χ0n) is 8.48. The van der Waals surface area contributed by atoms with Gasteiger partial charge in [-0.25, -0.2) is 0 Å². The van der Waals surface area contributed by atoms with Crippen LogP contribution in [0.1, 0.15) is 10.4 Å². The van der Waals surface area contributed by atoms with Gasteiger partial charge in [0.1, 0.15) is 12.0 Å². The maximum absolute atomic E-state index is 11.7. The van der Waals surface area contributed by atoms with E-state index in [1.807, 2.05) is 0 Å². The third-order valence-corrected chi connectivity index (χ3v) is 2.74. The predicted molar refractivity (Wildman–Crippen MR) is 65.7 cm³/mol. The van der Waals surface area contributed by atoms with Crippen molar-refractivity contribution in [3.8, 4) is 5.75 Å². The molecule has 0 aliphatic rings. The fourth-order valence-electron chi connectivity index (χ4n) is 1.43. The van der Waals surface area contributed by atoms with Gasteiger partial charge in [-0.15, -0.1) is 0 Å². The van der Waals surface area contributed by atoms with Crippen LogP contribution in [0.25, 0.3) is 11.0 Å². The minimum absolute atomic E-state index is 0.0777. The Labute approximate surface area is 104 Å². The number of halogens is 1. The van der Waals surface area contributed by atoms with Crippen molar-refractivity contribution in [1.82, 2.24) is 0 Å². The van der Waals surface area contributed by atoms with E-state index in [0.717, 1.165) is 0 Å². The predicted octanol–water partition coefficient (Wildman–Crippen LogP) is 1.31. The minimum atomic E-state index is -0.669. The molecule has 1 aromatic heterocycles. The van der Waals surface area contributed by atoms with Gasteiger partial charge < -0.3 is 21.0 Å². The SMILES string of the molecule is NC(N)=NC(=O)c1coc2c(Br)ccc(O)c12. The summed E-state index contributed by atoms with van der Waals surface area (Å²) in [5.41, 5.74) is 10.7. The van der Waals surface area contributed by atoms with E-state index in [-0.39, 0.29) is 22.7 Å². The molecule has 88 valence electrons. The van der Waals surface area contributed by atoms with E-state index >= 15 is 0 Å². The number of hydrogen-bond acceptors (Lipinski definition) is 3. The lowest BCUT2D eigenvalue weighted by Crippen LogP contribution is -2.24. The van der Waals surface area contributed by atoms with Crippen LogP contribution in [0, 0.1) is 0 Å². The van der Waals surface area contributed by atoms with Gasteiger partial charge in [-0.3, -0.25) is 4.79 Å². The minimum Gasteiger partial charge on any atom is -0.507 e. The summed E-state index contributed by atoms with van der Waals surface area (Å²) < 4.78 is 5.80. The number of benzene rings is 1. The van der Waals surface area contributed by atoms with Gasteiger partial charge in [0.15, 0.2) is 11.5 Å². The van der Waals surface area contributed by atoms with E-state index in [0.29, 0.717) is 10.1 Å². The Kier molecular flexibility index (Phi) is 2.76. The third kappa shape index (κ3) is 1.96. The Bertz CT molecular complexity index is 629. The Hall–Kier alpha value is -2.02. The molecule has 0 fully saturated rings. The molecule has 0 atom stereocenters. The van der Waals surface area contributed by atoms with Gasteiger partial charge in [0.05, 0.1) is 15.4 Å². The first-order valence-electron chi connectivity index (χ1n) is 4.53. The number of hydrogen-bond donors (Lipinski definition) is 3. The largest absolute Gasteiger partial charge is 0.507 e. The lowest BCUT2D eigenvalue weighted by molar-refractivity contribution is 0.100. The van der Waals surface area contributed by atoms with Crippen LogP contribution < -0.4 is 11.5 Å². The molecule has 2 aromatic rings. The summed E-state index contributed by atoms with van der Waals surface area (Å²) in [7, 11) is 0. The molecule has 0 aliphatic carbocycles. The van der Waals surface area contributed by atoms with E-state index in [1.165, 1.54) is 12.3 Å². The second-order valence-electron chi connectivity index (χ2n) is 3.26. The number of nitrogens with two attached hydrogens (primary N) is 2. The molecule has 0 radical (unpaired) electrons. The Morgan fingerprint density at radius 1 is 1.41 bits per heavy atom. The van der Waals surface area contributed by atoms with Gasteiger partial charge in [-0.1, -0.05) is 0 Å². The average molecular weight is 298 g/mol. The molecule has 17 heavy (non-hydrogen) atoms. The number of aromatic hydroxyl groups is 1. The number of amides is 1. The number of aliphatic imine (C=N–C) groups is 1.